The summed E-state index contributed by atoms with van der Waals surface area (Å²) >= 11 is 6.18. The van der Waals surface area contributed by atoms with Crippen LogP contribution in [0, 0.1) is 6.92 Å². The van der Waals surface area contributed by atoms with Crippen LogP contribution >= 0.6 is 11.6 Å². The van der Waals surface area contributed by atoms with E-state index in [0.29, 0.717) is 41.2 Å². The number of aromatic nitrogens is 2. The highest BCUT2D eigenvalue weighted by atomic mass is 35.5. The molecule has 0 N–H and O–H groups in total. The number of benzene rings is 2. The van der Waals surface area contributed by atoms with Crippen LogP contribution in [-0.2, 0) is 16.1 Å². The highest BCUT2D eigenvalue weighted by Gasteiger charge is 2.16. The van der Waals surface area contributed by atoms with Gasteiger partial charge in [-0.1, -0.05) is 29.3 Å². The van der Waals surface area contributed by atoms with Crippen molar-refractivity contribution in [2.45, 2.75) is 13.5 Å². The molecule has 0 aliphatic carbocycles. The van der Waals surface area contributed by atoms with Crippen molar-refractivity contribution >= 4 is 23.6 Å². The number of esters is 1. The second kappa shape index (κ2) is 8.36. The molecular weight excluding hydrogens is 396 g/mol. The van der Waals surface area contributed by atoms with Crippen molar-refractivity contribution in [2.24, 2.45) is 0 Å². The number of hydrogen-bond acceptors (Lipinski definition) is 7. The van der Waals surface area contributed by atoms with Crippen LogP contribution in [0.5, 0.6) is 11.5 Å². The Balaban J connectivity index is 1.36. The van der Waals surface area contributed by atoms with E-state index in [1.165, 1.54) is 6.08 Å². The monoisotopic (exact) mass is 412 g/mol. The number of ether oxygens (including phenoxy) is 3. The molecule has 0 radical (unpaired) electrons. The molecule has 2 heterocycles. The van der Waals surface area contributed by atoms with Gasteiger partial charge in [-0.2, -0.15) is 0 Å². The van der Waals surface area contributed by atoms with Crippen LogP contribution in [0.1, 0.15) is 17.0 Å². The number of nitrogens with zero attached hydrogens (tertiary/aromatic N) is 2. The predicted molar refractivity (Wildman–Crippen MR) is 106 cm³/mol. The summed E-state index contributed by atoms with van der Waals surface area (Å²) in [7, 11) is 0. The molecule has 0 fully saturated rings. The second-order valence-corrected chi connectivity index (χ2v) is 6.75. The van der Waals surface area contributed by atoms with Crippen molar-refractivity contribution in [3.8, 4) is 23.0 Å². The van der Waals surface area contributed by atoms with Gasteiger partial charge in [0, 0.05) is 11.6 Å². The molecule has 1 aliphatic heterocycles. The van der Waals surface area contributed by atoms with E-state index < -0.39 is 5.97 Å². The molecular formula is C21H17ClN2O5. The van der Waals surface area contributed by atoms with Gasteiger partial charge in [-0.05, 0) is 42.8 Å². The van der Waals surface area contributed by atoms with Crippen LogP contribution in [0.15, 0.2) is 46.9 Å². The summed E-state index contributed by atoms with van der Waals surface area (Å²) in [6.07, 6.45) is 2.87. The van der Waals surface area contributed by atoms with E-state index in [0.717, 1.165) is 11.1 Å². The van der Waals surface area contributed by atoms with Crippen molar-refractivity contribution in [1.82, 2.24) is 10.2 Å². The Hall–Kier alpha value is -3.32. The van der Waals surface area contributed by atoms with Crippen LogP contribution in [0.3, 0.4) is 0 Å². The van der Waals surface area contributed by atoms with Gasteiger partial charge in [0.1, 0.15) is 13.2 Å². The SMILES string of the molecule is Cc1cccc(-c2nnc(COC(=O)/C=C/c3cc(Cl)c4c(c3)OCCO4)o2)c1. The van der Waals surface area contributed by atoms with E-state index in [9.17, 15) is 4.79 Å². The summed E-state index contributed by atoms with van der Waals surface area (Å²) in [5.74, 6) is 1.10. The molecule has 0 bridgehead atoms. The lowest BCUT2D eigenvalue weighted by Gasteiger charge is -2.19. The maximum atomic E-state index is 12.0. The fourth-order valence-electron chi connectivity index (χ4n) is 2.78. The van der Waals surface area contributed by atoms with Crippen molar-refractivity contribution in [3.05, 3.63) is 64.5 Å². The highest BCUT2D eigenvalue weighted by Crippen LogP contribution is 2.38. The van der Waals surface area contributed by atoms with Gasteiger partial charge in [-0.25, -0.2) is 4.79 Å². The Kier molecular flexibility index (Phi) is 5.48. The largest absolute Gasteiger partial charge is 0.486 e. The molecule has 4 rings (SSSR count). The molecule has 148 valence electrons. The number of rotatable bonds is 5. The Morgan fingerprint density at radius 2 is 2.07 bits per heavy atom. The number of aryl methyl sites for hydroxylation is 1. The maximum Gasteiger partial charge on any atom is 0.331 e. The quantitative estimate of drug-likeness (QED) is 0.458. The Labute approximate surface area is 171 Å². The lowest BCUT2D eigenvalue weighted by molar-refractivity contribution is -0.139. The van der Waals surface area contributed by atoms with Gasteiger partial charge in [-0.15, -0.1) is 10.2 Å². The smallest absolute Gasteiger partial charge is 0.331 e. The Bertz CT molecular complexity index is 1080. The molecule has 2 aromatic carbocycles. The van der Waals surface area contributed by atoms with Crippen molar-refractivity contribution < 1.29 is 23.4 Å². The highest BCUT2D eigenvalue weighted by molar-refractivity contribution is 6.32. The van der Waals surface area contributed by atoms with Crippen molar-refractivity contribution in [3.63, 3.8) is 0 Å². The van der Waals surface area contributed by atoms with Crippen molar-refractivity contribution in [1.29, 1.82) is 0 Å². The van der Waals surface area contributed by atoms with Crippen LogP contribution in [0.25, 0.3) is 17.5 Å². The fraction of sp³-hybridized carbons (Fsp3) is 0.190. The standard InChI is InChI=1S/C21H17ClN2O5/c1-13-3-2-4-15(9-13)21-24-23-18(29-21)12-28-19(25)6-5-14-10-16(22)20-17(11-14)26-7-8-27-20/h2-6,9-11H,7-8,12H2,1H3/b6-5+. The van der Waals surface area contributed by atoms with E-state index in [4.69, 9.17) is 30.2 Å². The van der Waals surface area contributed by atoms with E-state index in [-0.39, 0.29) is 12.5 Å². The van der Waals surface area contributed by atoms with Gasteiger partial charge in [0.25, 0.3) is 5.89 Å². The first-order valence-electron chi connectivity index (χ1n) is 8.92. The van der Waals surface area contributed by atoms with Crippen LogP contribution in [0.4, 0.5) is 0 Å². The molecule has 0 saturated heterocycles. The molecule has 0 atom stereocenters. The van der Waals surface area contributed by atoms with Crippen LogP contribution in [-0.4, -0.2) is 29.4 Å². The molecule has 0 saturated carbocycles. The summed E-state index contributed by atoms with van der Waals surface area (Å²) in [5, 5.41) is 8.31. The Morgan fingerprint density at radius 1 is 1.21 bits per heavy atom. The number of halogens is 1. The van der Waals surface area contributed by atoms with Crippen LogP contribution in [0.2, 0.25) is 5.02 Å². The van der Waals surface area contributed by atoms with Gasteiger partial charge in [0.2, 0.25) is 5.89 Å². The fourth-order valence-corrected chi connectivity index (χ4v) is 3.05. The van der Waals surface area contributed by atoms with Gasteiger partial charge >= 0.3 is 5.97 Å². The first-order chi connectivity index (χ1) is 14.1. The molecule has 3 aromatic rings. The lowest BCUT2D eigenvalue weighted by atomic mass is 10.1. The third kappa shape index (κ3) is 4.57. The molecule has 29 heavy (non-hydrogen) atoms. The third-order valence-electron chi connectivity index (χ3n) is 4.10. The second-order valence-electron chi connectivity index (χ2n) is 6.34. The summed E-state index contributed by atoms with van der Waals surface area (Å²) in [6, 6.07) is 11.1. The minimum absolute atomic E-state index is 0.121. The zero-order chi connectivity index (χ0) is 20.2. The molecule has 1 aromatic heterocycles. The first-order valence-corrected chi connectivity index (χ1v) is 9.30. The third-order valence-corrected chi connectivity index (χ3v) is 4.38. The first kappa shape index (κ1) is 19.0. The Morgan fingerprint density at radius 3 is 2.93 bits per heavy atom. The van der Waals surface area contributed by atoms with Gasteiger partial charge in [0.05, 0.1) is 5.02 Å². The topological polar surface area (TPSA) is 83.7 Å². The zero-order valence-corrected chi connectivity index (χ0v) is 16.3. The van der Waals surface area contributed by atoms with E-state index in [2.05, 4.69) is 10.2 Å². The molecule has 8 heteroatoms. The average Bonchev–Trinajstić information content (AvgIpc) is 3.20. The number of hydrogen-bond donors (Lipinski definition) is 0. The van der Waals surface area contributed by atoms with Crippen molar-refractivity contribution in [2.75, 3.05) is 13.2 Å². The van der Waals surface area contributed by atoms with Gasteiger partial charge in [0.15, 0.2) is 18.1 Å². The zero-order valence-electron chi connectivity index (χ0n) is 15.6. The average molecular weight is 413 g/mol. The number of fused-ring (bicyclic) bond motifs is 1. The van der Waals surface area contributed by atoms with E-state index in [1.807, 2.05) is 31.2 Å². The number of carbonyl (C=O) groups excluding carboxylic acids is 1. The van der Waals surface area contributed by atoms with E-state index >= 15 is 0 Å². The molecule has 7 nitrogen and oxygen atoms in total. The summed E-state index contributed by atoms with van der Waals surface area (Å²) < 4.78 is 21.7. The predicted octanol–water partition coefficient (Wildman–Crippen LogP) is 4.23. The maximum absolute atomic E-state index is 12.0. The van der Waals surface area contributed by atoms with E-state index in [1.54, 1.807) is 18.2 Å². The summed E-state index contributed by atoms with van der Waals surface area (Å²) in [5.41, 5.74) is 2.58. The summed E-state index contributed by atoms with van der Waals surface area (Å²) in [6.45, 7) is 2.76. The number of carbonyl (C=O) groups is 1. The molecule has 0 unspecified atom stereocenters. The van der Waals surface area contributed by atoms with Gasteiger partial charge in [-0.3, -0.25) is 0 Å². The van der Waals surface area contributed by atoms with Gasteiger partial charge < -0.3 is 18.6 Å². The summed E-state index contributed by atoms with van der Waals surface area (Å²) in [4.78, 5) is 12.0. The minimum Gasteiger partial charge on any atom is -0.486 e. The van der Waals surface area contributed by atoms with Crippen LogP contribution < -0.4 is 9.47 Å². The molecule has 0 amide bonds. The molecule has 0 spiro atoms. The molecule has 1 aliphatic rings. The normalized spacial score (nSPS) is 12.9. The minimum atomic E-state index is -0.550. The lowest BCUT2D eigenvalue weighted by Crippen LogP contribution is -2.15.